The number of aryl methyl sites for hydroxylation is 1. The molecule has 1 saturated carbocycles. The molecule has 1 saturated heterocycles. The van der Waals surface area contributed by atoms with Gasteiger partial charge in [-0.05, 0) is 26.2 Å². The van der Waals surface area contributed by atoms with Crippen molar-refractivity contribution in [3.05, 3.63) is 17.7 Å². The molecular weight excluding hydrogens is 274 g/mol. The number of sulfonamides is 1. The predicted octanol–water partition coefficient (Wildman–Crippen LogP) is 2.17. The van der Waals surface area contributed by atoms with Crippen molar-refractivity contribution in [1.29, 1.82) is 0 Å². The third-order valence-electron chi connectivity index (χ3n) is 4.59. The summed E-state index contributed by atoms with van der Waals surface area (Å²) in [6, 6.07) is 0. The van der Waals surface area contributed by atoms with Gasteiger partial charge in [-0.1, -0.05) is 19.3 Å². The van der Waals surface area contributed by atoms with Crippen LogP contribution in [0.5, 0.6) is 0 Å². The summed E-state index contributed by atoms with van der Waals surface area (Å²) in [6.45, 7) is 3.21. The number of nitrogens with zero attached hydrogens (tertiary/aromatic N) is 2. The molecule has 3 rings (SSSR count). The zero-order chi connectivity index (χ0) is 14.2. The lowest BCUT2D eigenvalue weighted by Gasteiger charge is -2.26. The van der Waals surface area contributed by atoms with Gasteiger partial charge in [-0.3, -0.25) is 0 Å². The quantitative estimate of drug-likeness (QED) is 0.930. The molecule has 0 unspecified atom stereocenters. The molecule has 112 valence electrons. The van der Waals surface area contributed by atoms with Gasteiger partial charge in [-0.25, -0.2) is 17.7 Å². The van der Waals surface area contributed by atoms with Gasteiger partial charge in [0.1, 0.15) is 5.82 Å². The van der Waals surface area contributed by atoms with Gasteiger partial charge in [-0.2, -0.15) is 0 Å². The van der Waals surface area contributed by atoms with Crippen LogP contribution >= 0.6 is 0 Å². The highest BCUT2D eigenvalue weighted by Crippen LogP contribution is 2.32. The molecule has 1 aliphatic carbocycles. The molecule has 2 fully saturated rings. The van der Waals surface area contributed by atoms with E-state index in [-0.39, 0.29) is 11.2 Å². The third kappa shape index (κ3) is 2.63. The van der Waals surface area contributed by atoms with E-state index in [0.717, 1.165) is 43.6 Å². The van der Waals surface area contributed by atoms with Crippen molar-refractivity contribution >= 4 is 10.0 Å². The Bertz CT molecular complexity index is 561. The molecule has 1 aromatic rings. The average molecular weight is 297 g/mol. The molecule has 1 N–H and O–H groups in total. The Labute approximate surface area is 120 Å². The maximum Gasteiger partial charge on any atom is 0.217 e. The molecular formula is C14H23N3O2S. The van der Waals surface area contributed by atoms with E-state index in [9.17, 15) is 8.42 Å². The predicted molar refractivity (Wildman–Crippen MR) is 78.0 cm³/mol. The molecule has 1 aliphatic heterocycles. The van der Waals surface area contributed by atoms with Crippen LogP contribution in [0.25, 0.3) is 0 Å². The number of aromatic amines is 1. The standard InChI is InChI=1S/C14H23N3O2S/c1-11-9-15-14(16-11)12-7-8-17(10-12)20(18,19)13-5-3-2-4-6-13/h9,12-13H,2-8,10H2,1H3,(H,15,16)/t12-/m1/s1. The minimum atomic E-state index is -3.10. The van der Waals surface area contributed by atoms with Gasteiger partial charge in [0.15, 0.2) is 0 Å². The Morgan fingerprint density at radius 2 is 2.00 bits per heavy atom. The number of hydrogen-bond acceptors (Lipinski definition) is 3. The van der Waals surface area contributed by atoms with E-state index in [1.165, 1.54) is 6.42 Å². The number of imidazole rings is 1. The highest BCUT2D eigenvalue weighted by atomic mass is 32.2. The highest BCUT2D eigenvalue weighted by Gasteiger charge is 2.38. The van der Waals surface area contributed by atoms with E-state index >= 15 is 0 Å². The van der Waals surface area contributed by atoms with Crippen LogP contribution in [0.4, 0.5) is 0 Å². The van der Waals surface area contributed by atoms with Gasteiger partial charge in [0.05, 0.1) is 5.25 Å². The van der Waals surface area contributed by atoms with Crippen LogP contribution in [0.2, 0.25) is 0 Å². The van der Waals surface area contributed by atoms with Gasteiger partial charge >= 0.3 is 0 Å². The summed E-state index contributed by atoms with van der Waals surface area (Å²) in [5.41, 5.74) is 1.04. The maximum atomic E-state index is 12.7. The fraction of sp³-hybridized carbons (Fsp3) is 0.786. The first-order valence-corrected chi connectivity index (χ1v) is 9.08. The highest BCUT2D eigenvalue weighted by molar-refractivity contribution is 7.89. The number of H-pyrrole nitrogens is 1. The lowest BCUT2D eigenvalue weighted by Crippen LogP contribution is -2.38. The molecule has 2 aliphatic rings. The number of nitrogens with one attached hydrogen (secondary N) is 1. The molecule has 0 bridgehead atoms. The Kier molecular flexibility index (Phi) is 3.86. The van der Waals surface area contributed by atoms with Gasteiger partial charge in [-0.15, -0.1) is 0 Å². The smallest absolute Gasteiger partial charge is 0.217 e. The molecule has 6 heteroatoms. The fourth-order valence-corrected chi connectivity index (χ4v) is 5.50. The first kappa shape index (κ1) is 14.1. The minimum absolute atomic E-state index is 0.145. The monoisotopic (exact) mass is 297 g/mol. The van der Waals surface area contributed by atoms with Crippen molar-refractivity contribution in [2.75, 3.05) is 13.1 Å². The van der Waals surface area contributed by atoms with Crippen LogP contribution in [0.3, 0.4) is 0 Å². The topological polar surface area (TPSA) is 66.1 Å². The van der Waals surface area contributed by atoms with Crippen molar-refractivity contribution in [3.8, 4) is 0 Å². The summed E-state index contributed by atoms with van der Waals surface area (Å²) < 4.78 is 27.0. The second-order valence-electron chi connectivity index (χ2n) is 6.10. The van der Waals surface area contributed by atoms with Crippen LogP contribution in [-0.4, -0.2) is 41.0 Å². The molecule has 1 aromatic heterocycles. The molecule has 5 nitrogen and oxygen atoms in total. The fourth-order valence-electron chi connectivity index (χ4n) is 3.40. The summed E-state index contributed by atoms with van der Waals surface area (Å²) in [4.78, 5) is 7.59. The zero-order valence-corrected chi connectivity index (χ0v) is 12.8. The largest absolute Gasteiger partial charge is 0.346 e. The second kappa shape index (κ2) is 5.48. The van der Waals surface area contributed by atoms with Crippen LogP contribution in [0, 0.1) is 6.92 Å². The zero-order valence-electron chi connectivity index (χ0n) is 12.0. The van der Waals surface area contributed by atoms with E-state index in [1.54, 1.807) is 4.31 Å². The van der Waals surface area contributed by atoms with Gasteiger partial charge in [0.25, 0.3) is 0 Å². The van der Waals surface area contributed by atoms with Gasteiger partial charge in [0, 0.05) is 30.9 Å². The summed E-state index contributed by atoms with van der Waals surface area (Å²) in [7, 11) is -3.10. The van der Waals surface area contributed by atoms with Crippen molar-refractivity contribution in [2.24, 2.45) is 0 Å². The summed E-state index contributed by atoms with van der Waals surface area (Å²) in [6.07, 6.45) is 7.65. The first-order chi connectivity index (χ1) is 9.57. The molecule has 0 radical (unpaired) electrons. The van der Waals surface area contributed by atoms with Gasteiger partial charge < -0.3 is 4.98 Å². The molecule has 1 atom stereocenters. The van der Waals surface area contributed by atoms with Crippen LogP contribution < -0.4 is 0 Å². The van der Waals surface area contributed by atoms with Crippen molar-refractivity contribution in [2.45, 2.75) is 56.6 Å². The van der Waals surface area contributed by atoms with E-state index in [0.29, 0.717) is 13.1 Å². The third-order valence-corrected chi connectivity index (χ3v) is 6.96. The number of hydrogen-bond donors (Lipinski definition) is 1. The number of rotatable bonds is 3. The Morgan fingerprint density at radius 3 is 2.65 bits per heavy atom. The first-order valence-electron chi connectivity index (χ1n) is 7.58. The summed E-state index contributed by atoms with van der Waals surface area (Å²) in [5, 5.41) is -0.145. The minimum Gasteiger partial charge on any atom is -0.346 e. The molecule has 0 aromatic carbocycles. The maximum absolute atomic E-state index is 12.7. The molecule has 0 amide bonds. The average Bonchev–Trinajstić information content (AvgIpc) is 3.08. The van der Waals surface area contributed by atoms with Crippen LogP contribution in [0.1, 0.15) is 56.0 Å². The Morgan fingerprint density at radius 1 is 1.25 bits per heavy atom. The lowest BCUT2D eigenvalue weighted by molar-refractivity contribution is 0.426. The second-order valence-corrected chi connectivity index (χ2v) is 8.31. The van der Waals surface area contributed by atoms with Crippen molar-refractivity contribution in [3.63, 3.8) is 0 Å². The van der Waals surface area contributed by atoms with E-state index < -0.39 is 10.0 Å². The molecule has 2 heterocycles. The van der Waals surface area contributed by atoms with E-state index in [1.807, 2.05) is 13.1 Å². The van der Waals surface area contributed by atoms with E-state index in [2.05, 4.69) is 9.97 Å². The van der Waals surface area contributed by atoms with Gasteiger partial charge in [0.2, 0.25) is 10.0 Å². The van der Waals surface area contributed by atoms with Crippen LogP contribution in [-0.2, 0) is 10.0 Å². The van der Waals surface area contributed by atoms with Crippen LogP contribution in [0.15, 0.2) is 6.20 Å². The Hall–Kier alpha value is -0.880. The summed E-state index contributed by atoms with van der Waals surface area (Å²) in [5.74, 6) is 1.16. The van der Waals surface area contributed by atoms with Crippen molar-refractivity contribution < 1.29 is 8.42 Å². The van der Waals surface area contributed by atoms with E-state index in [4.69, 9.17) is 0 Å². The normalized spacial score (nSPS) is 26.1. The molecule has 20 heavy (non-hydrogen) atoms. The Balaban J connectivity index is 1.69. The molecule has 0 spiro atoms. The number of aromatic nitrogens is 2. The van der Waals surface area contributed by atoms with Crippen molar-refractivity contribution in [1.82, 2.24) is 14.3 Å². The SMILES string of the molecule is Cc1cnc([C@@H]2CCN(S(=O)(=O)C3CCCCC3)C2)[nH]1. The summed E-state index contributed by atoms with van der Waals surface area (Å²) >= 11 is 0. The lowest BCUT2D eigenvalue weighted by atomic mass is 10.0.